The second-order valence-corrected chi connectivity index (χ2v) is 10.1. The van der Waals surface area contributed by atoms with E-state index in [4.69, 9.17) is 9.98 Å². The van der Waals surface area contributed by atoms with E-state index in [1.165, 1.54) is 0 Å². The third-order valence-corrected chi connectivity index (χ3v) is 7.02. The Hall–Kier alpha value is -1.66. The van der Waals surface area contributed by atoms with Crippen molar-refractivity contribution in [1.29, 1.82) is 0 Å². The summed E-state index contributed by atoms with van der Waals surface area (Å²) in [6.45, 7) is 10.4. The van der Waals surface area contributed by atoms with Crippen LogP contribution in [0.3, 0.4) is 0 Å². The van der Waals surface area contributed by atoms with Crippen LogP contribution in [0.1, 0.15) is 39.2 Å². The number of benzene rings is 3. The maximum Gasteiger partial charge on any atom is 0.116 e. The summed E-state index contributed by atoms with van der Waals surface area (Å²) < 4.78 is 0. The topological polar surface area (TPSA) is 70.7 Å². The van der Waals surface area contributed by atoms with E-state index >= 15 is 0 Å². The maximum atomic E-state index is 10.8. The zero-order valence-corrected chi connectivity index (χ0v) is 35.7. The summed E-state index contributed by atoms with van der Waals surface area (Å²) in [6.07, 6.45) is 7.11. The van der Waals surface area contributed by atoms with Gasteiger partial charge in [-0.15, -0.1) is 67.9 Å². The van der Waals surface area contributed by atoms with Gasteiger partial charge in [0.1, 0.15) is 5.75 Å². The molecule has 5 aromatic rings. The van der Waals surface area contributed by atoms with Crippen LogP contribution in [0, 0.1) is 34.6 Å². The van der Waals surface area contributed by atoms with Crippen LogP contribution >= 0.6 is 67.9 Å². The van der Waals surface area contributed by atoms with Crippen molar-refractivity contribution in [3.05, 3.63) is 124 Å². The number of aliphatic imine (C=N–C) groups is 2. The molecule has 0 fully saturated rings. The number of hydrogen-bond acceptors (Lipinski definition) is 5. The van der Waals surface area contributed by atoms with Gasteiger partial charge in [-0.3, -0.25) is 20.0 Å². The second-order valence-electron chi connectivity index (χ2n) is 10.1. The number of rotatable bonds is 6. The first-order chi connectivity index (χ1) is 19.3. The van der Waals surface area contributed by atoms with Crippen LogP contribution < -0.4 is 0 Å². The summed E-state index contributed by atoms with van der Waals surface area (Å²) >= 11 is 0. The number of nitrogens with zero attached hydrogens (tertiary/aromatic N) is 4. The molecule has 46 heavy (non-hydrogen) atoms. The summed E-state index contributed by atoms with van der Waals surface area (Å²) in [5.41, 5.74) is 12.9. The van der Waals surface area contributed by atoms with Gasteiger partial charge < -0.3 is 5.11 Å². The number of phenols is 1. The van der Waals surface area contributed by atoms with E-state index in [0.29, 0.717) is 0 Å². The number of pyridine rings is 2. The first-order valence-electron chi connectivity index (χ1n) is 13.3. The fourth-order valence-electron chi connectivity index (χ4n) is 5.09. The third-order valence-electron chi connectivity index (χ3n) is 7.02. The number of hydrogen-bond donors (Lipinski definition) is 1. The first-order valence-corrected chi connectivity index (χ1v) is 13.3. The molecule has 0 bridgehead atoms. The summed E-state index contributed by atoms with van der Waals surface area (Å²) in [4.78, 5) is 18.1. The molecule has 0 aliphatic heterocycles. The molecule has 0 saturated heterocycles. The molecule has 1 N–H and O–H groups in total. The molecule has 0 saturated carbocycles. The maximum absolute atomic E-state index is 10.8. The summed E-state index contributed by atoms with van der Waals surface area (Å²) in [6, 6.07) is 23.8. The van der Waals surface area contributed by atoms with Crippen molar-refractivity contribution in [2.75, 3.05) is 0 Å². The zero-order valence-electron chi connectivity index (χ0n) is 25.7. The first kappa shape index (κ1) is 46.5. The molecular weight excluding hydrogens is 1020 g/mol. The Morgan fingerprint density at radius 3 is 1.20 bits per heavy atom. The van der Waals surface area contributed by atoms with Crippen molar-refractivity contribution in [2.24, 2.45) is 9.98 Å². The summed E-state index contributed by atoms with van der Waals surface area (Å²) in [5, 5.41) is 10.8. The Balaban J connectivity index is 0. The van der Waals surface area contributed by atoms with Crippen molar-refractivity contribution in [1.82, 2.24) is 9.97 Å². The fourth-order valence-corrected chi connectivity index (χ4v) is 5.09. The van der Waals surface area contributed by atoms with Crippen LogP contribution in [0.5, 0.6) is 5.75 Å². The van der Waals surface area contributed by atoms with Gasteiger partial charge in [0.25, 0.3) is 0 Å². The van der Waals surface area contributed by atoms with E-state index in [1.54, 1.807) is 24.8 Å². The molecule has 11 heteroatoms. The molecule has 2 heterocycles. The van der Waals surface area contributed by atoms with Gasteiger partial charge in [0.05, 0.1) is 35.2 Å². The monoisotopic (exact) mass is 1060 g/mol. The molecule has 0 aliphatic rings. The standard InChI is InChI=1S/C35H32N4O.4BrH.2Pd/c1-22-14-27(15-23(2)34(22)38-20-29-10-6-8-12-36-29)32-18-31(40)19-33(26(32)5)28-16-24(3)35(25(4)17-28)39-21-30-11-7-9-13-37-30;;;;;;/h6-21,40H,1-5H3;4*1H;;. The summed E-state index contributed by atoms with van der Waals surface area (Å²) in [7, 11) is 0. The van der Waals surface area contributed by atoms with E-state index in [2.05, 4.69) is 68.9 Å². The van der Waals surface area contributed by atoms with E-state index in [0.717, 1.165) is 72.8 Å². The predicted octanol–water partition coefficient (Wildman–Crippen LogP) is 10.9. The predicted molar refractivity (Wildman–Crippen MR) is 207 cm³/mol. The molecule has 5 nitrogen and oxygen atoms in total. The van der Waals surface area contributed by atoms with Crippen molar-refractivity contribution in [3.63, 3.8) is 0 Å². The van der Waals surface area contributed by atoms with Gasteiger partial charge in [-0.2, -0.15) is 0 Å². The quantitative estimate of drug-likeness (QED) is 0.136. The Kier molecular flexibility index (Phi) is 21.6. The van der Waals surface area contributed by atoms with Crippen LogP contribution in [0.2, 0.25) is 0 Å². The van der Waals surface area contributed by atoms with Crippen molar-refractivity contribution >= 4 is 91.7 Å². The minimum atomic E-state index is 0. The number of aromatic nitrogens is 2. The van der Waals surface area contributed by atoms with Gasteiger partial charge in [0.15, 0.2) is 0 Å². The molecule has 0 spiro atoms. The molecular formula is C35H36Br4N4OPd2. The Bertz CT molecular complexity index is 1600. The summed E-state index contributed by atoms with van der Waals surface area (Å²) in [5.74, 6) is 0.232. The number of phenolic OH excluding ortho intramolecular Hbond substituents is 1. The molecule has 0 amide bonds. The minimum Gasteiger partial charge on any atom is -0.508 e. The van der Waals surface area contributed by atoms with Gasteiger partial charge >= 0.3 is 0 Å². The number of halogens is 4. The average molecular weight is 1060 g/mol. The van der Waals surface area contributed by atoms with Crippen molar-refractivity contribution in [3.8, 4) is 28.0 Å². The van der Waals surface area contributed by atoms with E-state index in [1.807, 2.05) is 48.5 Å². The molecule has 0 atom stereocenters. The van der Waals surface area contributed by atoms with Gasteiger partial charge in [-0.1, -0.05) is 12.1 Å². The van der Waals surface area contributed by atoms with E-state index < -0.39 is 0 Å². The zero-order chi connectivity index (χ0) is 28.2. The van der Waals surface area contributed by atoms with Gasteiger partial charge in [-0.25, -0.2) is 0 Å². The van der Waals surface area contributed by atoms with Gasteiger partial charge in [-0.05, 0) is 145 Å². The van der Waals surface area contributed by atoms with E-state index in [-0.39, 0.29) is 115 Å². The van der Waals surface area contributed by atoms with Crippen LogP contribution in [0.25, 0.3) is 22.3 Å². The molecule has 5 rings (SSSR count). The largest absolute Gasteiger partial charge is 0.508 e. The number of aryl methyl sites for hydroxylation is 4. The Labute approximate surface area is 341 Å². The Morgan fingerprint density at radius 2 is 0.891 bits per heavy atom. The van der Waals surface area contributed by atoms with Crippen LogP contribution in [0.15, 0.2) is 95.2 Å². The smallest absolute Gasteiger partial charge is 0.116 e. The second kappa shape index (κ2) is 21.3. The van der Waals surface area contributed by atoms with E-state index in [9.17, 15) is 5.11 Å². The molecule has 250 valence electrons. The van der Waals surface area contributed by atoms with Crippen LogP contribution in [-0.2, 0) is 40.8 Å². The fraction of sp³-hybridized carbons (Fsp3) is 0.143. The van der Waals surface area contributed by atoms with Gasteiger partial charge in [0.2, 0.25) is 0 Å². The molecule has 0 aliphatic carbocycles. The molecule has 0 unspecified atom stereocenters. The van der Waals surface area contributed by atoms with Crippen LogP contribution in [-0.4, -0.2) is 27.5 Å². The van der Waals surface area contributed by atoms with Crippen molar-refractivity contribution < 1.29 is 46.0 Å². The number of aromatic hydroxyl groups is 1. The minimum absolute atomic E-state index is 0. The van der Waals surface area contributed by atoms with Gasteiger partial charge in [0, 0.05) is 53.2 Å². The molecule has 0 radical (unpaired) electrons. The van der Waals surface area contributed by atoms with Crippen molar-refractivity contribution in [2.45, 2.75) is 34.6 Å². The molecule has 2 aromatic heterocycles. The SMILES string of the molecule is Br.Br.Br.Br.Cc1cc(-c2cc(O)cc(-c3cc(C)c(N=Cc4ccccn4)c(C)c3)c2C)cc(C)c1N=Cc1ccccn1.[Pd].[Pd]. The normalized spacial score (nSPS) is 10.0. The molecule has 3 aromatic carbocycles. The third kappa shape index (κ3) is 11.2. The average Bonchev–Trinajstić information content (AvgIpc) is 2.94. The van der Waals surface area contributed by atoms with Crippen LogP contribution in [0.4, 0.5) is 11.4 Å². The Morgan fingerprint density at radius 1 is 0.543 bits per heavy atom.